The van der Waals surface area contributed by atoms with Crippen LogP contribution in [0.3, 0.4) is 0 Å². The molecule has 0 bridgehead atoms. The molecule has 1 aliphatic carbocycles. The molecule has 0 spiro atoms. The standard InChI is InChI=1S/C14H19NO2/c1-11-5-3-6-12(9-11)15(2)13(17)14(10-16)7-4-8-14/h3,5-6,9,16H,4,7-8,10H2,1-2H3. The number of benzene rings is 1. The largest absolute Gasteiger partial charge is 0.395 e. The predicted molar refractivity (Wildman–Crippen MR) is 68.0 cm³/mol. The number of carbonyl (C=O) groups excluding carboxylic acids is 1. The van der Waals surface area contributed by atoms with Gasteiger partial charge in [0, 0.05) is 12.7 Å². The van der Waals surface area contributed by atoms with Crippen LogP contribution in [0, 0.1) is 12.3 Å². The molecule has 0 atom stereocenters. The second-order valence-corrected chi connectivity index (χ2v) is 5.00. The molecular formula is C14H19NO2. The van der Waals surface area contributed by atoms with Crippen LogP contribution in [0.4, 0.5) is 5.69 Å². The van der Waals surface area contributed by atoms with E-state index in [0.717, 1.165) is 30.5 Å². The van der Waals surface area contributed by atoms with Crippen LogP contribution < -0.4 is 4.90 Å². The molecule has 0 unspecified atom stereocenters. The lowest BCUT2D eigenvalue weighted by atomic mass is 9.68. The molecule has 92 valence electrons. The number of hydrogen-bond acceptors (Lipinski definition) is 2. The van der Waals surface area contributed by atoms with Gasteiger partial charge in [-0.3, -0.25) is 4.79 Å². The van der Waals surface area contributed by atoms with E-state index in [9.17, 15) is 9.90 Å². The van der Waals surface area contributed by atoms with Crippen molar-refractivity contribution in [3.05, 3.63) is 29.8 Å². The predicted octanol–water partition coefficient (Wildman–Crippen LogP) is 2.12. The molecule has 1 fully saturated rings. The number of aryl methyl sites for hydroxylation is 1. The van der Waals surface area contributed by atoms with Crippen molar-refractivity contribution in [1.82, 2.24) is 0 Å². The third-order valence-electron chi connectivity index (χ3n) is 3.76. The maximum Gasteiger partial charge on any atom is 0.235 e. The average molecular weight is 233 g/mol. The minimum absolute atomic E-state index is 0.0388. The zero-order valence-corrected chi connectivity index (χ0v) is 10.4. The van der Waals surface area contributed by atoms with Gasteiger partial charge in [0.05, 0.1) is 12.0 Å². The van der Waals surface area contributed by atoms with Gasteiger partial charge >= 0.3 is 0 Å². The van der Waals surface area contributed by atoms with Crippen molar-refractivity contribution in [2.75, 3.05) is 18.6 Å². The number of rotatable bonds is 3. The summed E-state index contributed by atoms with van der Waals surface area (Å²) in [6.45, 7) is 1.97. The molecule has 2 rings (SSSR count). The van der Waals surface area contributed by atoms with E-state index in [1.807, 2.05) is 31.2 Å². The molecule has 1 saturated carbocycles. The minimum atomic E-state index is -0.515. The molecule has 1 aliphatic rings. The summed E-state index contributed by atoms with van der Waals surface area (Å²) in [6, 6.07) is 7.87. The van der Waals surface area contributed by atoms with Crippen molar-refractivity contribution < 1.29 is 9.90 Å². The maximum absolute atomic E-state index is 12.4. The monoisotopic (exact) mass is 233 g/mol. The smallest absolute Gasteiger partial charge is 0.235 e. The second-order valence-electron chi connectivity index (χ2n) is 5.00. The lowest BCUT2D eigenvalue weighted by molar-refractivity contribution is -0.136. The fourth-order valence-corrected chi connectivity index (χ4v) is 2.35. The number of hydrogen-bond donors (Lipinski definition) is 1. The summed E-state index contributed by atoms with van der Waals surface area (Å²) < 4.78 is 0. The highest BCUT2D eigenvalue weighted by molar-refractivity contribution is 5.97. The summed E-state index contributed by atoms with van der Waals surface area (Å²) in [4.78, 5) is 14.0. The molecular weight excluding hydrogens is 214 g/mol. The van der Waals surface area contributed by atoms with Crippen molar-refractivity contribution in [2.24, 2.45) is 5.41 Å². The summed E-state index contributed by atoms with van der Waals surface area (Å²) in [6.07, 6.45) is 2.64. The Morgan fingerprint density at radius 2 is 2.18 bits per heavy atom. The van der Waals surface area contributed by atoms with Gasteiger partial charge in [0.25, 0.3) is 0 Å². The molecule has 0 aliphatic heterocycles. The van der Waals surface area contributed by atoms with Gasteiger partial charge in [-0.1, -0.05) is 18.6 Å². The fraction of sp³-hybridized carbons (Fsp3) is 0.500. The summed E-state index contributed by atoms with van der Waals surface area (Å²) in [7, 11) is 1.78. The highest BCUT2D eigenvalue weighted by Crippen LogP contribution is 2.42. The van der Waals surface area contributed by atoms with E-state index in [0.29, 0.717) is 0 Å². The quantitative estimate of drug-likeness (QED) is 0.868. The topological polar surface area (TPSA) is 40.5 Å². The van der Waals surface area contributed by atoms with Crippen LogP contribution in [-0.2, 0) is 4.79 Å². The third-order valence-corrected chi connectivity index (χ3v) is 3.76. The number of anilines is 1. The highest BCUT2D eigenvalue weighted by atomic mass is 16.3. The normalized spacial score (nSPS) is 17.4. The van der Waals surface area contributed by atoms with Gasteiger partial charge in [-0.15, -0.1) is 0 Å². The van der Waals surface area contributed by atoms with Gasteiger partial charge in [-0.05, 0) is 37.5 Å². The molecule has 1 aromatic rings. The maximum atomic E-state index is 12.4. The molecule has 3 heteroatoms. The molecule has 0 heterocycles. The van der Waals surface area contributed by atoms with Gasteiger partial charge in [0.1, 0.15) is 0 Å². The van der Waals surface area contributed by atoms with Crippen LogP contribution in [0.15, 0.2) is 24.3 Å². The summed E-state index contributed by atoms with van der Waals surface area (Å²) >= 11 is 0. The van der Waals surface area contributed by atoms with Crippen LogP contribution in [0.2, 0.25) is 0 Å². The molecule has 1 amide bonds. The molecule has 1 aromatic carbocycles. The van der Waals surface area contributed by atoms with Gasteiger partial charge in [-0.25, -0.2) is 0 Å². The zero-order chi connectivity index (χ0) is 12.5. The van der Waals surface area contributed by atoms with Crippen LogP contribution in [0.25, 0.3) is 0 Å². The van der Waals surface area contributed by atoms with Crippen LogP contribution in [0.1, 0.15) is 24.8 Å². The summed E-state index contributed by atoms with van der Waals surface area (Å²) in [5.41, 5.74) is 1.52. The van der Waals surface area contributed by atoms with E-state index < -0.39 is 5.41 Å². The summed E-state index contributed by atoms with van der Waals surface area (Å²) in [5, 5.41) is 9.41. The SMILES string of the molecule is Cc1cccc(N(C)C(=O)C2(CO)CCC2)c1. The first-order valence-electron chi connectivity index (χ1n) is 6.05. The first-order chi connectivity index (χ1) is 8.09. The van der Waals surface area contributed by atoms with Crippen molar-refractivity contribution in [1.29, 1.82) is 0 Å². The first-order valence-corrected chi connectivity index (χ1v) is 6.05. The third kappa shape index (κ3) is 2.07. The molecule has 0 radical (unpaired) electrons. The molecule has 1 N–H and O–H groups in total. The molecule has 3 nitrogen and oxygen atoms in total. The Morgan fingerprint density at radius 3 is 2.65 bits per heavy atom. The van der Waals surface area contributed by atoms with Crippen molar-refractivity contribution in [3.8, 4) is 0 Å². The van der Waals surface area contributed by atoms with E-state index in [1.54, 1.807) is 11.9 Å². The second kappa shape index (κ2) is 4.49. The number of amides is 1. The number of aliphatic hydroxyl groups excluding tert-OH is 1. The Bertz CT molecular complexity index is 418. The Hall–Kier alpha value is -1.35. The van der Waals surface area contributed by atoms with E-state index in [4.69, 9.17) is 0 Å². The Labute approximate surface area is 102 Å². The first kappa shape index (κ1) is 12.1. The molecule has 0 saturated heterocycles. The average Bonchev–Trinajstić information content (AvgIpc) is 2.27. The van der Waals surface area contributed by atoms with Crippen molar-refractivity contribution >= 4 is 11.6 Å². The molecule has 0 aromatic heterocycles. The fourth-order valence-electron chi connectivity index (χ4n) is 2.35. The van der Waals surface area contributed by atoms with Gasteiger partial charge in [-0.2, -0.15) is 0 Å². The molecule has 17 heavy (non-hydrogen) atoms. The summed E-state index contributed by atoms with van der Waals surface area (Å²) in [5.74, 6) is 0.0388. The zero-order valence-electron chi connectivity index (χ0n) is 10.4. The minimum Gasteiger partial charge on any atom is -0.395 e. The van der Waals surface area contributed by atoms with Gasteiger partial charge in [0.2, 0.25) is 5.91 Å². The Kier molecular flexibility index (Phi) is 3.20. The lowest BCUT2D eigenvalue weighted by Gasteiger charge is -2.41. The van der Waals surface area contributed by atoms with E-state index in [1.165, 1.54) is 0 Å². The van der Waals surface area contributed by atoms with E-state index in [-0.39, 0.29) is 12.5 Å². The highest BCUT2D eigenvalue weighted by Gasteiger charge is 2.45. The Morgan fingerprint density at radius 1 is 1.47 bits per heavy atom. The van der Waals surface area contributed by atoms with Crippen LogP contribution in [-0.4, -0.2) is 24.7 Å². The van der Waals surface area contributed by atoms with Crippen molar-refractivity contribution in [3.63, 3.8) is 0 Å². The Balaban J connectivity index is 2.20. The number of nitrogens with zero attached hydrogens (tertiary/aromatic N) is 1. The van der Waals surface area contributed by atoms with Gasteiger partial charge < -0.3 is 10.0 Å². The number of aliphatic hydroxyl groups is 1. The van der Waals surface area contributed by atoms with Gasteiger partial charge in [0.15, 0.2) is 0 Å². The van der Waals surface area contributed by atoms with Crippen molar-refractivity contribution in [2.45, 2.75) is 26.2 Å². The van der Waals surface area contributed by atoms with Crippen LogP contribution >= 0.6 is 0 Å². The van der Waals surface area contributed by atoms with E-state index in [2.05, 4.69) is 0 Å². The van der Waals surface area contributed by atoms with Crippen LogP contribution in [0.5, 0.6) is 0 Å². The number of carbonyl (C=O) groups is 1. The van der Waals surface area contributed by atoms with E-state index >= 15 is 0 Å². The lowest BCUT2D eigenvalue weighted by Crippen LogP contribution is -2.49.